The van der Waals surface area contributed by atoms with Crippen LogP contribution in [0.3, 0.4) is 0 Å². The Morgan fingerprint density at radius 1 is 1.21 bits per heavy atom. The molecule has 1 aliphatic rings. The lowest BCUT2D eigenvalue weighted by molar-refractivity contribution is -0.118. The predicted molar refractivity (Wildman–Crippen MR) is 93.7 cm³/mol. The van der Waals surface area contributed by atoms with Crippen molar-refractivity contribution in [3.63, 3.8) is 0 Å². The van der Waals surface area contributed by atoms with E-state index < -0.39 is 12.1 Å². The molecule has 1 aliphatic heterocycles. The zero-order valence-electron chi connectivity index (χ0n) is 12.5. The van der Waals surface area contributed by atoms with E-state index in [4.69, 9.17) is 0 Å². The van der Waals surface area contributed by atoms with Crippen LogP contribution in [0, 0.1) is 0 Å². The van der Waals surface area contributed by atoms with E-state index in [-0.39, 0.29) is 5.91 Å². The second-order valence-corrected chi connectivity index (χ2v) is 6.52. The van der Waals surface area contributed by atoms with Gasteiger partial charge in [-0.15, -0.1) is 0 Å². The third-order valence-electron chi connectivity index (χ3n) is 4.07. The van der Waals surface area contributed by atoms with Gasteiger partial charge in [-0.25, -0.2) is 9.69 Å². The van der Waals surface area contributed by atoms with E-state index >= 15 is 0 Å². The Hall–Kier alpha value is -2.67. The molecule has 3 amide bonds. The molecular formula is C17H13BrN4O2. The molecule has 2 aromatic heterocycles. The van der Waals surface area contributed by atoms with Crippen molar-refractivity contribution in [2.45, 2.75) is 12.5 Å². The van der Waals surface area contributed by atoms with E-state index in [0.29, 0.717) is 16.6 Å². The highest BCUT2D eigenvalue weighted by atomic mass is 79.9. The van der Waals surface area contributed by atoms with Crippen LogP contribution in [0.2, 0.25) is 0 Å². The van der Waals surface area contributed by atoms with Crippen molar-refractivity contribution in [1.29, 1.82) is 0 Å². The number of amides is 3. The standard InChI is InChI=1S/C17H13BrN4O2/c18-11-6-12(9-19-8-11)22-16(23)15(21-17(22)24)5-10-7-20-14-4-2-1-3-13(10)14/h1-4,6-9,15,20H,5H2,(H,21,24)/t15-/m1/s1. The van der Waals surface area contributed by atoms with Gasteiger partial charge >= 0.3 is 6.03 Å². The molecule has 120 valence electrons. The number of halogens is 1. The van der Waals surface area contributed by atoms with E-state index in [9.17, 15) is 9.59 Å². The molecule has 6 nitrogen and oxygen atoms in total. The maximum absolute atomic E-state index is 12.7. The highest BCUT2D eigenvalue weighted by Crippen LogP contribution is 2.25. The molecule has 1 fully saturated rings. The fourth-order valence-corrected chi connectivity index (χ4v) is 3.31. The largest absolute Gasteiger partial charge is 0.361 e. The van der Waals surface area contributed by atoms with Crippen LogP contribution in [0.1, 0.15) is 5.56 Å². The van der Waals surface area contributed by atoms with Crippen molar-refractivity contribution in [3.05, 3.63) is 59.0 Å². The number of urea groups is 1. The number of imide groups is 1. The van der Waals surface area contributed by atoms with E-state index in [1.165, 1.54) is 6.20 Å². The lowest BCUT2D eigenvalue weighted by Gasteiger charge is -2.12. The molecular weight excluding hydrogens is 372 g/mol. The lowest BCUT2D eigenvalue weighted by Crippen LogP contribution is -2.32. The highest BCUT2D eigenvalue weighted by Gasteiger charge is 2.39. The van der Waals surface area contributed by atoms with Crippen LogP contribution < -0.4 is 10.2 Å². The topological polar surface area (TPSA) is 78.1 Å². The Morgan fingerprint density at radius 2 is 2.04 bits per heavy atom. The first kappa shape index (κ1) is 14.9. The number of aromatic amines is 1. The number of hydrogen-bond donors (Lipinski definition) is 2. The molecule has 1 saturated heterocycles. The molecule has 0 bridgehead atoms. The maximum atomic E-state index is 12.7. The first-order valence-electron chi connectivity index (χ1n) is 7.43. The van der Waals surface area contributed by atoms with Crippen LogP contribution in [0.4, 0.5) is 10.5 Å². The van der Waals surface area contributed by atoms with E-state index in [1.807, 2.05) is 30.5 Å². The average molecular weight is 385 g/mol. The molecule has 7 heteroatoms. The van der Waals surface area contributed by atoms with Crippen molar-refractivity contribution >= 4 is 44.5 Å². The van der Waals surface area contributed by atoms with Crippen LogP contribution in [-0.4, -0.2) is 27.9 Å². The van der Waals surface area contributed by atoms with Gasteiger partial charge in [-0.05, 0) is 33.6 Å². The second kappa shape index (κ2) is 5.76. The quantitative estimate of drug-likeness (QED) is 0.681. The van der Waals surface area contributed by atoms with E-state index in [1.54, 1.807) is 12.3 Å². The van der Waals surface area contributed by atoms with Crippen molar-refractivity contribution in [3.8, 4) is 0 Å². The van der Waals surface area contributed by atoms with Crippen molar-refractivity contribution in [2.24, 2.45) is 0 Å². The van der Waals surface area contributed by atoms with Crippen LogP contribution in [0.15, 0.2) is 53.4 Å². The van der Waals surface area contributed by atoms with Gasteiger partial charge in [0.25, 0.3) is 5.91 Å². The van der Waals surface area contributed by atoms with Crippen molar-refractivity contribution in [1.82, 2.24) is 15.3 Å². The summed E-state index contributed by atoms with van der Waals surface area (Å²) in [6.45, 7) is 0. The SMILES string of the molecule is O=C1N[C@H](Cc2c[nH]c3ccccc23)C(=O)N1c1cncc(Br)c1. The van der Waals surface area contributed by atoms with Gasteiger partial charge in [-0.1, -0.05) is 18.2 Å². The van der Waals surface area contributed by atoms with Crippen LogP contribution in [-0.2, 0) is 11.2 Å². The number of fused-ring (bicyclic) bond motifs is 1. The summed E-state index contributed by atoms with van der Waals surface area (Å²) < 4.78 is 0.709. The zero-order valence-corrected chi connectivity index (χ0v) is 14.1. The number of H-pyrrole nitrogens is 1. The maximum Gasteiger partial charge on any atom is 0.329 e. The van der Waals surface area contributed by atoms with Crippen LogP contribution >= 0.6 is 15.9 Å². The monoisotopic (exact) mass is 384 g/mol. The minimum Gasteiger partial charge on any atom is -0.361 e. The Bertz CT molecular complexity index is 952. The summed E-state index contributed by atoms with van der Waals surface area (Å²) in [7, 11) is 0. The van der Waals surface area contributed by atoms with Gasteiger partial charge in [0.1, 0.15) is 6.04 Å². The fourth-order valence-electron chi connectivity index (χ4n) is 2.96. The Labute approximate surface area is 146 Å². The molecule has 1 atom stereocenters. The number of nitrogens with one attached hydrogen (secondary N) is 2. The molecule has 4 rings (SSSR count). The second-order valence-electron chi connectivity index (χ2n) is 5.60. The Kier molecular flexibility index (Phi) is 3.57. The van der Waals surface area contributed by atoms with E-state index in [2.05, 4.69) is 31.2 Å². The first-order valence-corrected chi connectivity index (χ1v) is 8.23. The van der Waals surface area contributed by atoms with Crippen LogP contribution in [0.25, 0.3) is 10.9 Å². The summed E-state index contributed by atoms with van der Waals surface area (Å²) in [5, 5.41) is 3.81. The number of benzene rings is 1. The molecule has 2 N–H and O–H groups in total. The number of pyridine rings is 1. The summed E-state index contributed by atoms with van der Waals surface area (Å²) in [5.74, 6) is -0.273. The number of nitrogens with zero attached hydrogens (tertiary/aromatic N) is 2. The number of carbonyl (C=O) groups is 2. The summed E-state index contributed by atoms with van der Waals surface area (Å²) in [4.78, 5) is 33.3. The smallest absolute Gasteiger partial charge is 0.329 e. The van der Waals surface area contributed by atoms with Crippen molar-refractivity contribution < 1.29 is 9.59 Å². The average Bonchev–Trinajstić information content (AvgIpc) is 3.09. The Morgan fingerprint density at radius 3 is 2.88 bits per heavy atom. The highest BCUT2D eigenvalue weighted by molar-refractivity contribution is 9.10. The number of hydrogen-bond acceptors (Lipinski definition) is 3. The number of carbonyl (C=O) groups excluding carboxylic acids is 2. The van der Waals surface area contributed by atoms with Gasteiger partial charge in [0.05, 0.1) is 11.9 Å². The fraction of sp³-hybridized carbons (Fsp3) is 0.118. The predicted octanol–water partition coefficient (Wildman–Crippen LogP) is 2.99. The molecule has 0 saturated carbocycles. The first-order chi connectivity index (χ1) is 11.6. The third-order valence-corrected chi connectivity index (χ3v) is 4.50. The minimum atomic E-state index is -0.587. The normalized spacial score (nSPS) is 17.5. The molecule has 3 aromatic rings. The summed E-state index contributed by atoms with van der Waals surface area (Å²) >= 11 is 3.30. The van der Waals surface area contributed by atoms with Gasteiger partial charge in [0.2, 0.25) is 0 Å². The molecule has 3 heterocycles. The number of para-hydroxylation sites is 1. The number of anilines is 1. The number of aromatic nitrogens is 2. The summed E-state index contributed by atoms with van der Waals surface area (Å²) in [6, 6.07) is 8.56. The molecule has 0 spiro atoms. The Balaban J connectivity index is 1.62. The zero-order chi connectivity index (χ0) is 16.7. The molecule has 24 heavy (non-hydrogen) atoms. The molecule has 0 aliphatic carbocycles. The van der Waals surface area contributed by atoms with Gasteiger partial charge < -0.3 is 10.3 Å². The lowest BCUT2D eigenvalue weighted by atomic mass is 10.1. The van der Waals surface area contributed by atoms with Gasteiger partial charge in [0, 0.05) is 34.2 Å². The van der Waals surface area contributed by atoms with Gasteiger partial charge in [-0.2, -0.15) is 0 Å². The summed E-state index contributed by atoms with van der Waals surface area (Å²) in [5.41, 5.74) is 2.46. The van der Waals surface area contributed by atoms with Gasteiger partial charge in [0.15, 0.2) is 0 Å². The molecule has 0 radical (unpaired) electrons. The molecule has 0 unspecified atom stereocenters. The van der Waals surface area contributed by atoms with E-state index in [0.717, 1.165) is 21.4 Å². The van der Waals surface area contributed by atoms with Gasteiger partial charge in [-0.3, -0.25) is 9.78 Å². The number of rotatable bonds is 3. The van der Waals surface area contributed by atoms with Crippen molar-refractivity contribution in [2.75, 3.05) is 4.90 Å². The summed E-state index contributed by atoms with van der Waals surface area (Å²) in [6.07, 6.45) is 5.42. The molecule has 1 aromatic carbocycles. The van der Waals surface area contributed by atoms with Crippen LogP contribution in [0.5, 0.6) is 0 Å². The minimum absolute atomic E-state index is 0.273. The third kappa shape index (κ3) is 2.46.